The van der Waals surface area contributed by atoms with Crippen molar-refractivity contribution in [2.24, 2.45) is 11.8 Å². The van der Waals surface area contributed by atoms with Gasteiger partial charge in [0.25, 0.3) is 0 Å². The fraction of sp³-hybridized carbons (Fsp3) is 0.729. The number of carbonyl (C=O) groups is 7. The minimum absolute atomic E-state index is 0.0508. The maximum atomic E-state index is 14.3. The van der Waals surface area contributed by atoms with E-state index in [-0.39, 0.29) is 24.3 Å². The van der Waals surface area contributed by atoms with Crippen molar-refractivity contribution in [1.29, 1.82) is 0 Å². The lowest BCUT2D eigenvalue weighted by molar-refractivity contribution is -0.147. The summed E-state index contributed by atoms with van der Waals surface area (Å²) in [4.78, 5) is 99.4. The number of phenolic OH excluding ortho intramolecular Hbond substituents is 1. The number of benzene rings is 1. The van der Waals surface area contributed by atoms with Gasteiger partial charge in [-0.2, -0.15) is 0 Å². The molecule has 3 aliphatic rings. The lowest BCUT2D eigenvalue weighted by Crippen LogP contribution is -2.63. The molecule has 0 spiro atoms. The largest absolute Gasteiger partial charge is 0.508 e. The van der Waals surface area contributed by atoms with Gasteiger partial charge < -0.3 is 82.3 Å². The Labute approximate surface area is 413 Å². The van der Waals surface area contributed by atoms with E-state index in [0.717, 1.165) is 67.4 Å². The molecule has 3 fully saturated rings. The van der Waals surface area contributed by atoms with Crippen molar-refractivity contribution in [3.05, 3.63) is 29.8 Å². The molecular formula is C48H77N7O16. The Morgan fingerprint density at radius 3 is 1.94 bits per heavy atom. The number of carbonyl (C=O) groups excluding carboxylic acids is 7. The fourth-order valence-corrected chi connectivity index (χ4v) is 9.17. The molecule has 3 unspecified atom stereocenters. The van der Waals surface area contributed by atoms with Gasteiger partial charge in [-0.1, -0.05) is 90.7 Å². The molecule has 14 N–H and O–H groups in total. The molecule has 1 aromatic carbocycles. The van der Waals surface area contributed by atoms with Crippen molar-refractivity contribution >= 4 is 41.4 Å². The van der Waals surface area contributed by atoms with E-state index in [1.54, 1.807) is 0 Å². The van der Waals surface area contributed by atoms with E-state index in [1.807, 2.05) is 0 Å². The van der Waals surface area contributed by atoms with Crippen molar-refractivity contribution in [3.63, 3.8) is 0 Å². The first-order chi connectivity index (χ1) is 33.6. The van der Waals surface area contributed by atoms with Gasteiger partial charge in [-0.25, -0.2) is 0 Å². The number of phenols is 1. The van der Waals surface area contributed by atoms with Crippen molar-refractivity contribution in [3.8, 4) is 5.75 Å². The predicted molar refractivity (Wildman–Crippen MR) is 253 cm³/mol. The normalized spacial score (nSPS) is 30.2. The van der Waals surface area contributed by atoms with Crippen LogP contribution in [-0.4, -0.2) is 190 Å². The number of hydrogen-bond acceptors (Lipinski definition) is 16. The molecule has 15 atom stereocenters. The van der Waals surface area contributed by atoms with Gasteiger partial charge in [0, 0.05) is 38.3 Å². The van der Waals surface area contributed by atoms with Crippen LogP contribution in [0.5, 0.6) is 5.75 Å². The van der Waals surface area contributed by atoms with E-state index in [9.17, 15) is 79.5 Å². The third-order valence-electron chi connectivity index (χ3n) is 13.8. The highest BCUT2D eigenvalue weighted by molar-refractivity contribution is 5.98. The first kappa shape index (κ1) is 58.6. The number of hydrogen-bond donors (Lipinski definition) is 14. The van der Waals surface area contributed by atoms with Gasteiger partial charge >= 0.3 is 0 Å². The third-order valence-corrected chi connectivity index (χ3v) is 13.8. The van der Waals surface area contributed by atoms with Crippen LogP contribution in [0.15, 0.2) is 24.3 Å². The third kappa shape index (κ3) is 16.2. The molecule has 23 heteroatoms. The Bertz CT molecular complexity index is 1950. The summed E-state index contributed by atoms with van der Waals surface area (Å²) in [6.07, 6.45) is -4.65. The molecule has 71 heavy (non-hydrogen) atoms. The number of amides is 7. The quantitative estimate of drug-likeness (QED) is 0.0672. The standard InChI is InChI=1S/C48H77N7O16/c1-5-25(2)14-12-10-8-6-7-9-11-13-15-35(61)49-31-21-34(60)44(67)53-46(69)38-39(62)26(3)22-55(38)47(70)32(24-56)50-45(68)37(41(64)40(63)28-16-18-29(58)19-17-28)52-43(66)33-20-30(59)23-54(33)48(71)36(27(4)57)51-42(31)65/h16-19,25-27,30-34,36-41,44,56-60,62-64,67H,5-15,20-24H2,1-4H3,(H,49,61)(H,50,68)(H,51,65)(H,52,66)(H,53,69)/t25?,26-,27+,30+,31-,32-,33-,34?,36-,37-,38-,39-,40-,41-,44?/m0/s1. The van der Waals surface area contributed by atoms with Crippen LogP contribution in [-0.2, 0) is 33.6 Å². The van der Waals surface area contributed by atoms with Gasteiger partial charge in [0.15, 0.2) is 6.23 Å². The molecule has 0 aliphatic carbocycles. The molecule has 0 bridgehead atoms. The molecule has 3 saturated heterocycles. The van der Waals surface area contributed by atoms with Gasteiger partial charge in [-0.15, -0.1) is 0 Å². The van der Waals surface area contributed by atoms with Gasteiger partial charge in [0.2, 0.25) is 41.4 Å². The van der Waals surface area contributed by atoms with Crippen LogP contribution in [0.1, 0.15) is 123 Å². The molecule has 7 amide bonds. The molecule has 23 nitrogen and oxygen atoms in total. The maximum Gasteiger partial charge on any atom is 0.248 e. The predicted octanol–water partition coefficient (Wildman–Crippen LogP) is -2.59. The fourth-order valence-electron chi connectivity index (χ4n) is 9.17. The highest BCUT2D eigenvalue weighted by Crippen LogP contribution is 2.27. The molecule has 400 valence electrons. The van der Waals surface area contributed by atoms with E-state index in [1.165, 1.54) is 31.9 Å². The van der Waals surface area contributed by atoms with Crippen molar-refractivity contribution in [1.82, 2.24) is 36.4 Å². The molecule has 4 rings (SSSR count). The Balaban J connectivity index is 1.65. The first-order valence-corrected chi connectivity index (χ1v) is 24.9. The van der Waals surface area contributed by atoms with Crippen LogP contribution in [0.2, 0.25) is 0 Å². The minimum Gasteiger partial charge on any atom is -0.508 e. The second-order valence-electron chi connectivity index (χ2n) is 19.5. The number of nitrogens with zero attached hydrogens (tertiary/aromatic N) is 2. The van der Waals surface area contributed by atoms with Crippen LogP contribution < -0.4 is 26.6 Å². The van der Waals surface area contributed by atoms with E-state index in [2.05, 4.69) is 40.4 Å². The monoisotopic (exact) mass is 1010 g/mol. The summed E-state index contributed by atoms with van der Waals surface area (Å²) in [6.45, 7) is 5.00. The highest BCUT2D eigenvalue weighted by atomic mass is 16.3. The number of nitrogens with one attached hydrogen (secondary N) is 5. The topological polar surface area (TPSA) is 368 Å². The average Bonchev–Trinajstić information content (AvgIpc) is 3.88. The molecule has 3 heterocycles. The SMILES string of the molecule is CCC(C)CCCCCCCCCCC(=O)N[C@H]1CC(O)C(O)NC(=O)[C@@H]2[C@@H](O)[C@@H](C)CN2C(=O)[C@H](CO)NC(=O)[C@H]([C@H](O)[C@@H](O)c2ccc(O)cc2)NC(=O)[C@@H]2C[C@@H](O)CN2C(=O)[C@H]([C@@H](C)O)NC1=O. The maximum absolute atomic E-state index is 14.3. The van der Waals surface area contributed by atoms with Crippen LogP contribution in [0.3, 0.4) is 0 Å². The van der Waals surface area contributed by atoms with Gasteiger partial charge in [-0.3, -0.25) is 33.6 Å². The molecule has 1 aromatic rings. The van der Waals surface area contributed by atoms with E-state index >= 15 is 0 Å². The molecule has 3 aliphatic heterocycles. The number of unbranched alkanes of at least 4 members (excludes halogenated alkanes) is 7. The van der Waals surface area contributed by atoms with E-state index < -0.39 is 152 Å². The summed E-state index contributed by atoms with van der Waals surface area (Å²) in [5.41, 5.74) is -0.0577. The summed E-state index contributed by atoms with van der Waals surface area (Å²) in [6, 6.07) is -6.51. The molecule has 0 aromatic heterocycles. The summed E-state index contributed by atoms with van der Waals surface area (Å²) < 4.78 is 0. The van der Waals surface area contributed by atoms with Gasteiger partial charge in [-0.05, 0) is 37.0 Å². The average molecular weight is 1010 g/mol. The second-order valence-corrected chi connectivity index (χ2v) is 19.5. The number of fused-ring (bicyclic) bond motifs is 2. The van der Waals surface area contributed by atoms with Crippen LogP contribution in [0, 0.1) is 11.8 Å². The van der Waals surface area contributed by atoms with Gasteiger partial charge in [0.05, 0.1) is 24.9 Å². The second kappa shape index (κ2) is 27.7. The Morgan fingerprint density at radius 2 is 1.34 bits per heavy atom. The number of rotatable bonds is 18. The zero-order valence-corrected chi connectivity index (χ0v) is 41.1. The highest BCUT2D eigenvalue weighted by Gasteiger charge is 2.49. The lowest BCUT2D eigenvalue weighted by Gasteiger charge is -2.33. The Hall–Kier alpha value is -5.01. The number of aliphatic hydroxyl groups is 8. The van der Waals surface area contributed by atoms with Crippen molar-refractivity contribution < 1.29 is 79.5 Å². The smallest absolute Gasteiger partial charge is 0.248 e. The van der Waals surface area contributed by atoms with Crippen LogP contribution in [0.4, 0.5) is 0 Å². The van der Waals surface area contributed by atoms with E-state index in [4.69, 9.17) is 0 Å². The van der Waals surface area contributed by atoms with Crippen molar-refractivity contribution in [2.75, 3.05) is 19.7 Å². The summed E-state index contributed by atoms with van der Waals surface area (Å²) in [7, 11) is 0. The summed E-state index contributed by atoms with van der Waals surface area (Å²) >= 11 is 0. The molecular weight excluding hydrogens is 931 g/mol. The van der Waals surface area contributed by atoms with Crippen LogP contribution in [0.25, 0.3) is 0 Å². The Morgan fingerprint density at radius 1 is 0.732 bits per heavy atom. The Kier molecular flexibility index (Phi) is 22.9. The lowest BCUT2D eigenvalue weighted by atomic mass is 9.97. The minimum atomic E-state index is -2.26. The number of aliphatic hydroxyl groups excluding tert-OH is 8. The molecule has 0 radical (unpaired) electrons. The zero-order chi connectivity index (χ0) is 52.7. The van der Waals surface area contributed by atoms with Crippen molar-refractivity contribution in [2.45, 2.75) is 190 Å². The molecule has 0 saturated carbocycles. The zero-order valence-electron chi connectivity index (χ0n) is 41.1. The summed E-state index contributed by atoms with van der Waals surface area (Å²) in [5.74, 6) is -8.20. The van der Waals surface area contributed by atoms with E-state index in [0.29, 0.717) is 18.8 Å². The first-order valence-electron chi connectivity index (χ1n) is 24.9. The number of aromatic hydroxyl groups is 1. The summed E-state index contributed by atoms with van der Waals surface area (Å²) in [5, 5.41) is 109. The van der Waals surface area contributed by atoms with Crippen LogP contribution >= 0.6 is 0 Å². The van der Waals surface area contributed by atoms with Gasteiger partial charge in [0.1, 0.15) is 60.3 Å².